The molecule has 0 aliphatic carbocycles. The molecule has 3 rings (SSSR count). The van der Waals surface area contributed by atoms with Gasteiger partial charge in [0.05, 0.1) is 0 Å². The first kappa shape index (κ1) is 13.6. The molecule has 0 atom stereocenters. The molecule has 0 aliphatic rings. The van der Waals surface area contributed by atoms with Crippen LogP contribution in [0.4, 0.5) is 0 Å². The van der Waals surface area contributed by atoms with Crippen LogP contribution in [0, 0.1) is 13.8 Å². The van der Waals surface area contributed by atoms with Gasteiger partial charge in [0, 0.05) is 12.0 Å². The quantitative estimate of drug-likeness (QED) is 0.622. The summed E-state index contributed by atoms with van der Waals surface area (Å²) in [5, 5.41) is 2.21. The molecule has 104 valence electrons. The summed E-state index contributed by atoms with van der Waals surface area (Å²) in [6.07, 6.45) is 0.452. The molecule has 0 saturated heterocycles. The van der Waals surface area contributed by atoms with Crippen LogP contribution in [0.3, 0.4) is 0 Å². The van der Waals surface area contributed by atoms with Gasteiger partial charge in [-0.05, 0) is 35.7 Å². The van der Waals surface area contributed by atoms with Crippen molar-refractivity contribution in [1.29, 1.82) is 0 Å². The van der Waals surface area contributed by atoms with Gasteiger partial charge >= 0.3 is 0 Å². The molecule has 0 amide bonds. The van der Waals surface area contributed by atoms with Gasteiger partial charge in [0.25, 0.3) is 0 Å². The Balaban J connectivity index is 1.98. The summed E-state index contributed by atoms with van der Waals surface area (Å²) in [6.45, 7) is 4.13. The van der Waals surface area contributed by atoms with E-state index in [0.29, 0.717) is 6.42 Å². The van der Waals surface area contributed by atoms with Gasteiger partial charge < -0.3 is 0 Å². The topological polar surface area (TPSA) is 17.1 Å². The number of carbonyl (C=O) groups excluding carboxylic acids is 1. The third kappa shape index (κ3) is 2.73. The molecule has 0 radical (unpaired) electrons. The molecule has 0 heterocycles. The van der Waals surface area contributed by atoms with E-state index < -0.39 is 0 Å². The van der Waals surface area contributed by atoms with Crippen molar-refractivity contribution >= 4 is 16.6 Å². The molecule has 3 aromatic carbocycles. The average Bonchev–Trinajstić information content (AvgIpc) is 2.50. The molecular formula is C20H18O. The van der Waals surface area contributed by atoms with E-state index in [1.807, 2.05) is 42.5 Å². The van der Waals surface area contributed by atoms with E-state index in [0.717, 1.165) is 21.9 Å². The van der Waals surface area contributed by atoms with Gasteiger partial charge in [0.15, 0.2) is 5.78 Å². The SMILES string of the molecule is Cc1ccc(CC(=O)c2ccc(C)c3ccccc23)cc1. The highest BCUT2D eigenvalue weighted by Crippen LogP contribution is 2.23. The zero-order valence-electron chi connectivity index (χ0n) is 12.4. The maximum Gasteiger partial charge on any atom is 0.167 e. The molecule has 21 heavy (non-hydrogen) atoms. The fourth-order valence-electron chi connectivity index (χ4n) is 2.68. The van der Waals surface area contributed by atoms with Crippen molar-refractivity contribution < 1.29 is 4.79 Å². The Morgan fingerprint density at radius 3 is 2.19 bits per heavy atom. The Morgan fingerprint density at radius 1 is 0.810 bits per heavy atom. The highest BCUT2D eigenvalue weighted by Gasteiger charge is 2.11. The fraction of sp³-hybridized carbons (Fsp3) is 0.150. The molecule has 0 unspecified atom stereocenters. The first-order valence-electron chi connectivity index (χ1n) is 7.22. The summed E-state index contributed by atoms with van der Waals surface area (Å²) >= 11 is 0. The summed E-state index contributed by atoms with van der Waals surface area (Å²) < 4.78 is 0. The monoisotopic (exact) mass is 274 g/mol. The summed E-state index contributed by atoms with van der Waals surface area (Å²) in [7, 11) is 0. The Bertz CT molecular complexity index is 798. The molecule has 1 heteroatoms. The normalized spacial score (nSPS) is 10.8. The van der Waals surface area contributed by atoms with Crippen LogP contribution in [0.25, 0.3) is 10.8 Å². The van der Waals surface area contributed by atoms with Gasteiger partial charge in [0.2, 0.25) is 0 Å². The lowest BCUT2D eigenvalue weighted by Gasteiger charge is -2.08. The Hall–Kier alpha value is -2.41. The summed E-state index contributed by atoms with van der Waals surface area (Å²) in [5.41, 5.74) is 4.30. The van der Waals surface area contributed by atoms with E-state index >= 15 is 0 Å². The van der Waals surface area contributed by atoms with Crippen molar-refractivity contribution in [1.82, 2.24) is 0 Å². The van der Waals surface area contributed by atoms with Crippen molar-refractivity contribution in [2.24, 2.45) is 0 Å². The number of hydrogen-bond donors (Lipinski definition) is 0. The molecule has 0 aliphatic heterocycles. The predicted octanol–water partition coefficient (Wildman–Crippen LogP) is 4.88. The van der Waals surface area contributed by atoms with Crippen LogP contribution in [-0.4, -0.2) is 5.78 Å². The smallest absolute Gasteiger partial charge is 0.167 e. The van der Waals surface area contributed by atoms with Crippen LogP contribution < -0.4 is 0 Å². The third-order valence-electron chi connectivity index (χ3n) is 3.93. The van der Waals surface area contributed by atoms with Crippen LogP contribution in [0.15, 0.2) is 60.7 Å². The van der Waals surface area contributed by atoms with Gasteiger partial charge in [0.1, 0.15) is 0 Å². The minimum Gasteiger partial charge on any atom is -0.294 e. The van der Waals surface area contributed by atoms with Gasteiger partial charge in [-0.25, -0.2) is 0 Å². The van der Waals surface area contributed by atoms with E-state index in [4.69, 9.17) is 0 Å². The average molecular weight is 274 g/mol. The molecule has 1 nitrogen and oxygen atoms in total. The molecule has 0 bridgehead atoms. The third-order valence-corrected chi connectivity index (χ3v) is 3.93. The van der Waals surface area contributed by atoms with Crippen LogP contribution in [0.1, 0.15) is 27.0 Å². The highest BCUT2D eigenvalue weighted by atomic mass is 16.1. The van der Waals surface area contributed by atoms with Gasteiger partial charge in [-0.3, -0.25) is 4.79 Å². The van der Waals surface area contributed by atoms with Gasteiger partial charge in [-0.1, -0.05) is 66.2 Å². The lowest BCUT2D eigenvalue weighted by Crippen LogP contribution is -2.04. The largest absolute Gasteiger partial charge is 0.294 e. The number of fused-ring (bicyclic) bond motifs is 1. The van der Waals surface area contributed by atoms with Gasteiger partial charge in [-0.2, -0.15) is 0 Å². The van der Waals surface area contributed by atoms with Crippen molar-refractivity contribution in [2.75, 3.05) is 0 Å². The Labute approximate surface area is 125 Å². The van der Waals surface area contributed by atoms with Crippen LogP contribution in [0.2, 0.25) is 0 Å². The van der Waals surface area contributed by atoms with Crippen LogP contribution in [-0.2, 0) is 6.42 Å². The number of benzene rings is 3. The minimum atomic E-state index is 0.176. The number of ketones is 1. The molecule has 0 spiro atoms. The molecule has 0 fully saturated rings. The summed E-state index contributed by atoms with van der Waals surface area (Å²) in [5.74, 6) is 0.176. The first-order valence-corrected chi connectivity index (χ1v) is 7.22. The van der Waals surface area contributed by atoms with Crippen molar-refractivity contribution in [2.45, 2.75) is 20.3 Å². The molecular weight excluding hydrogens is 256 g/mol. The van der Waals surface area contributed by atoms with Gasteiger partial charge in [-0.15, -0.1) is 0 Å². The van der Waals surface area contributed by atoms with E-state index in [-0.39, 0.29) is 5.78 Å². The zero-order valence-corrected chi connectivity index (χ0v) is 12.4. The number of carbonyl (C=O) groups is 1. The van der Waals surface area contributed by atoms with E-state index in [1.54, 1.807) is 0 Å². The van der Waals surface area contributed by atoms with E-state index in [9.17, 15) is 4.79 Å². The lowest BCUT2D eigenvalue weighted by atomic mass is 9.95. The number of aryl methyl sites for hydroxylation is 2. The number of Topliss-reactive ketones (excluding diaryl/α,β-unsaturated/α-hetero) is 1. The zero-order chi connectivity index (χ0) is 14.8. The van der Waals surface area contributed by atoms with E-state index in [1.165, 1.54) is 11.1 Å². The highest BCUT2D eigenvalue weighted by molar-refractivity contribution is 6.09. The lowest BCUT2D eigenvalue weighted by molar-refractivity contribution is 0.0994. The van der Waals surface area contributed by atoms with Crippen LogP contribution in [0.5, 0.6) is 0 Å². The molecule has 0 aromatic heterocycles. The maximum atomic E-state index is 12.6. The summed E-state index contributed by atoms with van der Waals surface area (Å²) in [4.78, 5) is 12.6. The number of rotatable bonds is 3. The first-order chi connectivity index (χ1) is 10.1. The fourth-order valence-corrected chi connectivity index (χ4v) is 2.68. The number of hydrogen-bond acceptors (Lipinski definition) is 1. The molecule has 3 aromatic rings. The molecule has 0 N–H and O–H groups in total. The predicted molar refractivity (Wildman–Crippen MR) is 87.9 cm³/mol. The van der Waals surface area contributed by atoms with E-state index in [2.05, 4.69) is 32.0 Å². The standard InChI is InChI=1S/C20H18O/c1-14-7-10-16(11-8-14)13-20(21)19-12-9-15(2)17-5-3-4-6-18(17)19/h3-12H,13H2,1-2H3. The second-order valence-corrected chi connectivity index (χ2v) is 5.56. The Morgan fingerprint density at radius 2 is 1.48 bits per heavy atom. The van der Waals surface area contributed by atoms with Crippen molar-refractivity contribution in [3.05, 3.63) is 82.9 Å². The minimum absolute atomic E-state index is 0.176. The second-order valence-electron chi connectivity index (χ2n) is 5.56. The van der Waals surface area contributed by atoms with Crippen molar-refractivity contribution in [3.8, 4) is 0 Å². The summed E-state index contributed by atoms with van der Waals surface area (Å²) in [6, 6.07) is 20.3. The Kier molecular flexibility index (Phi) is 3.57. The van der Waals surface area contributed by atoms with Crippen LogP contribution >= 0.6 is 0 Å². The second kappa shape index (κ2) is 5.53. The molecule has 0 saturated carbocycles. The maximum absolute atomic E-state index is 12.6. The van der Waals surface area contributed by atoms with Crippen molar-refractivity contribution in [3.63, 3.8) is 0 Å².